The van der Waals surface area contributed by atoms with Crippen LogP contribution in [0.15, 0.2) is 24.3 Å². The van der Waals surface area contributed by atoms with E-state index in [4.69, 9.17) is 14.8 Å². The van der Waals surface area contributed by atoms with Crippen LogP contribution in [-0.4, -0.2) is 59.0 Å². The van der Waals surface area contributed by atoms with Crippen LogP contribution in [-0.2, 0) is 18.4 Å². The van der Waals surface area contributed by atoms with Crippen LogP contribution in [0.1, 0.15) is 168 Å². The summed E-state index contributed by atoms with van der Waals surface area (Å²) >= 11 is 0. The van der Waals surface area contributed by atoms with Crippen molar-refractivity contribution in [1.29, 1.82) is 0 Å². The van der Waals surface area contributed by atoms with Gasteiger partial charge in [-0.15, -0.1) is 0 Å². The van der Waals surface area contributed by atoms with Crippen molar-refractivity contribution in [2.45, 2.75) is 186 Å². The molecule has 0 heterocycles. The van der Waals surface area contributed by atoms with Gasteiger partial charge in [-0.05, 0) is 38.5 Å². The number of aliphatic hydroxyl groups is 2. The molecule has 0 aromatic rings. The minimum absolute atomic E-state index is 0.0570. The molecule has 4 atom stereocenters. The highest BCUT2D eigenvalue weighted by Gasteiger charge is 2.28. The number of hydrogen-bond donors (Lipinski definition) is 5. The molecule has 6 N–H and O–H groups in total. The molecule has 0 saturated heterocycles. The first-order chi connectivity index (χ1) is 22.8. The lowest BCUT2D eigenvalue weighted by Gasteiger charge is -2.25. The first-order valence-corrected chi connectivity index (χ1v) is 20.5. The molecule has 0 aromatic heterocycles. The second-order valence-electron chi connectivity index (χ2n) is 13.0. The Kier molecular flexibility index (Phi) is 32.7. The van der Waals surface area contributed by atoms with Crippen LogP contribution >= 0.6 is 7.82 Å². The van der Waals surface area contributed by atoms with Crippen LogP contribution in [0.4, 0.5) is 0 Å². The Morgan fingerprint density at radius 3 is 1.74 bits per heavy atom. The van der Waals surface area contributed by atoms with E-state index in [1.165, 1.54) is 77.0 Å². The number of phosphoric ester groups is 1. The first kappa shape index (κ1) is 45.9. The molecular weight excluding hydrogens is 615 g/mol. The van der Waals surface area contributed by atoms with Crippen molar-refractivity contribution in [3.63, 3.8) is 0 Å². The van der Waals surface area contributed by atoms with Gasteiger partial charge in [0.05, 0.1) is 37.9 Å². The van der Waals surface area contributed by atoms with Gasteiger partial charge in [-0.1, -0.05) is 147 Å². The van der Waals surface area contributed by atoms with Gasteiger partial charge < -0.3 is 26.2 Å². The smallest absolute Gasteiger partial charge is 0.393 e. The maximum absolute atomic E-state index is 12.7. The average Bonchev–Trinajstić information content (AvgIpc) is 3.04. The third kappa shape index (κ3) is 31.9. The van der Waals surface area contributed by atoms with E-state index in [9.17, 15) is 24.5 Å². The predicted octanol–water partition coefficient (Wildman–Crippen LogP) is 8.80. The maximum Gasteiger partial charge on any atom is 0.472 e. The fourth-order valence-electron chi connectivity index (χ4n) is 5.46. The van der Waals surface area contributed by atoms with Gasteiger partial charge in [0.25, 0.3) is 0 Å². The van der Waals surface area contributed by atoms with Gasteiger partial charge in [0.1, 0.15) is 0 Å². The second-order valence-corrected chi connectivity index (χ2v) is 14.5. The Hall–Kier alpha value is -1.06. The van der Waals surface area contributed by atoms with Gasteiger partial charge in [0.15, 0.2) is 0 Å². The number of aliphatic hydroxyl groups excluding tert-OH is 2. The summed E-state index contributed by atoms with van der Waals surface area (Å²) in [5.41, 5.74) is 5.35. The minimum Gasteiger partial charge on any atom is -0.393 e. The first-order valence-electron chi connectivity index (χ1n) is 19.0. The van der Waals surface area contributed by atoms with E-state index in [1.54, 1.807) is 0 Å². The van der Waals surface area contributed by atoms with Crippen molar-refractivity contribution in [2.24, 2.45) is 5.73 Å². The summed E-state index contributed by atoms with van der Waals surface area (Å²) in [6.45, 7) is 3.97. The molecular formula is C37H73N2O7P. The molecule has 0 saturated carbocycles. The number of carbonyl (C=O) groups excluding carboxylic acids is 1. The fourth-order valence-corrected chi connectivity index (χ4v) is 6.22. The van der Waals surface area contributed by atoms with E-state index in [2.05, 4.69) is 43.5 Å². The van der Waals surface area contributed by atoms with Crippen LogP contribution in [0.5, 0.6) is 0 Å². The van der Waals surface area contributed by atoms with Crippen molar-refractivity contribution < 1.29 is 33.5 Å². The summed E-state index contributed by atoms with van der Waals surface area (Å²) in [4.78, 5) is 22.7. The highest BCUT2D eigenvalue weighted by atomic mass is 31.2. The number of allylic oxidation sites excluding steroid dienone is 4. The van der Waals surface area contributed by atoms with Crippen molar-refractivity contribution in [3.05, 3.63) is 24.3 Å². The van der Waals surface area contributed by atoms with Gasteiger partial charge in [-0.2, -0.15) is 0 Å². The lowest BCUT2D eigenvalue weighted by molar-refractivity contribution is -0.125. The molecule has 0 aromatic carbocycles. The minimum atomic E-state index is -4.37. The molecule has 0 radical (unpaired) electrons. The second kappa shape index (κ2) is 33.4. The van der Waals surface area contributed by atoms with Gasteiger partial charge in [0.2, 0.25) is 5.91 Å². The molecule has 10 heteroatoms. The zero-order valence-corrected chi connectivity index (χ0v) is 31.0. The van der Waals surface area contributed by atoms with Crippen molar-refractivity contribution in [3.8, 4) is 0 Å². The molecule has 4 unspecified atom stereocenters. The van der Waals surface area contributed by atoms with Crippen molar-refractivity contribution >= 4 is 13.7 Å². The summed E-state index contributed by atoms with van der Waals surface area (Å²) in [5, 5.41) is 24.0. The molecule has 0 rings (SSSR count). The normalized spacial score (nSPS) is 15.3. The van der Waals surface area contributed by atoms with E-state index in [0.29, 0.717) is 12.8 Å². The third-order valence-electron chi connectivity index (χ3n) is 8.39. The van der Waals surface area contributed by atoms with E-state index >= 15 is 0 Å². The van der Waals surface area contributed by atoms with E-state index in [1.807, 2.05) is 0 Å². The number of carbonyl (C=O) groups is 1. The Balaban J connectivity index is 4.41. The summed E-state index contributed by atoms with van der Waals surface area (Å²) in [6, 6.07) is -0.899. The van der Waals surface area contributed by atoms with Gasteiger partial charge in [0, 0.05) is 6.54 Å². The molecule has 0 spiro atoms. The van der Waals surface area contributed by atoms with Gasteiger partial charge in [-0.25, -0.2) is 4.57 Å². The summed E-state index contributed by atoms with van der Waals surface area (Å²) in [7, 11) is -4.37. The number of unbranched alkanes of at least 4 members (excludes halogenated alkanes) is 18. The Morgan fingerprint density at radius 1 is 0.723 bits per heavy atom. The van der Waals surface area contributed by atoms with E-state index < -0.39 is 32.0 Å². The molecule has 47 heavy (non-hydrogen) atoms. The highest BCUT2D eigenvalue weighted by molar-refractivity contribution is 7.47. The number of amides is 1. The number of rotatable bonds is 35. The fraction of sp³-hybridized carbons (Fsp3) is 0.865. The van der Waals surface area contributed by atoms with Gasteiger partial charge >= 0.3 is 7.82 Å². The van der Waals surface area contributed by atoms with E-state index in [0.717, 1.165) is 57.8 Å². The summed E-state index contributed by atoms with van der Waals surface area (Å²) in [6.07, 6.45) is 32.2. The molecule has 9 nitrogen and oxygen atoms in total. The molecule has 0 aliphatic heterocycles. The average molecular weight is 689 g/mol. The third-order valence-corrected chi connectivity index (χ3v) is 9.37. The summed E-state index contributed by atoms with van der Waals surface area (Å²) < 4.78 is 22.0. The van der Waals surface area contributed by atoms with Crippen molar-refractivity contribution in [2.75, 3.05) is 19.8 Å². The van der Waals surface area contributed by atoms with Crippen LogP contribution in [0.3, 0.4) is 0 Å². The zero-order valence-electron chi connectivity index (χ0n) is 30.1. The van der Waals surface area contributed by atoms with Gasteiger partial charge in [-0.3, -0.25) is 13.8 Å². The molecule has 0 aliphatic rings. The Labute approximate surface area is 288 Å². The molecule has 0 bridgehead atoms. The molecule has 1 amide bonds. The van der Waals surface area contributed by atoms with E-state index in [-0.39, 0.29) is 26.2 Å². The largest absolute Gasteiger partial charge is 0.472 e. The van der Waals surface area contributed by atoms with Crippen LogP contribution in [0, 0.1) is 0 Å². The molecule has 278 valence electrons. The topological polar surface area (TPSA) is 151 Å². The number of phosphoric acid groups is 1. The summed E-state index contributed by atoms with van der Waals surface area (Å²) in [5.74, 6) is -0.427. The highest BCUT2D eigenvalue weighted by Crippen LogP contribution is 2.43. The van der Waals surface area contributed by atoms with Crippen LogP contribution in [0.25, 0.3) is 0 Å². The lowest BCUT2D eigenvalue weighted by atomic mass is 10.0. The van der Waals surface area contributed by atoms with Crippen LogP contribution in [0.2, 0.25) is 0 Å². The predicted molar refractivity (Wildman–Crippen MR) is 195 cm³/mol. The standard InChI is InChI=1S/C37H73N2O7P/c1-3-5-7-9-11-13-15-17-18-20-22-24-26-28-34(40)32-37(42)39-35(33-46-47(43,44)45-31-30-38)36(41)29-27-25-23-21-19-16-14-12-10-8-6-4-2/h11,13,15,17,34-36,40-41H,3-10,12,14,16,18-33,38H2,1-2H3,(H,39,42)(H,43,44)/b13-11-,17-15-. The van der Waals surface area contributed by atoms with Crippen molar-refractivity contribution in [1.82, 2.24) is 5.32 Å². The number of nitrogens with one attached hydrogen (secondary N) is 1. The molecule has 0 aliphatic carbocycles. The quantitative estimate of drug-likeness (QED) is 0.0252. The zero-order chi connectivity index (χ0) is 34.9. The lowest BCUT2D eigenvalue weighted by Crippen LogP contribution is -2.47. The maximum atomic E-state index is 12.7. The SMILES string of the molecule is CCCCC/C=C\C=C/CCCCCCC(O)CC(=O)NC(COP(=O)(O)OCCN)C(O)CCCCCCCCCCCCCC. The Bertz CT molecular complexity index is 812. The number of hydrogen-bond acceptors (Lipinski definition) is 7. The monoisotopic (exact) mass is 689 g/mol. The molecule has 0 fully saturated rings. The Morgan fingerprint density at radius 2 is 1.19 bits per heavy atom. The number of nitrogens with two attached hydrogens (primary N) is 1. The van der Waals surface area contributed by atoms with Crippen LogP contribution < -0.4 is 11.1 Å².